The van der Waals surface area contributed by atoms with Crippen molar-refractivity contribution < 1.29 is 4.79 Å². The molecular weight excluding hydrogens is 362 g/mol. The van der Waals surface area contributed by atoms with Crippen molar-refractivity contribution in [3.63, 3.8) is 0 Å². The molecule has 2 saturated heterocycles. The zero-order valence-corrected chi connectivity index (χ0v) is 16.6. The minimum Gasteiger partial charge on any atom is -0.368 e. The summed E-state index contributed by atoms with van der Waals surface area (Å²) in [5.74, 6) is 1.38. The van der Waals surface area contributed by atoms with Crippen LogP contribution in [-0.4, -0.2) is 60.0 Å². The van der Waals surface area contributed by atoms with Crippen LogP contribution in [0.25, 0.3) is 22.4 Å². The number of piperidine rings is 1. The van der Waals surface area contributed by atoms with Crippen LogP contribution in [0.3, 0.4) is 0 Å². The van der Waals surface area contributed by atoms with Gasteiger partial charge in [-0.3, -0.25) is 4.79 Å². The van der Waals surface area contributed by atoms with E-state index < -0.39 is 0 Å². The predicted octanol–water partition coefficient (Wildman–Crippen LogP) is 2.88. The maximum Gasteiger partial charge on any atom is 0.227 e. The lowest BCUT2D eigenvalue weighted by Gasteiger charge is -2.38. The van der Waals surface area contributed by atoms with Crippen LogP contribution in [0.1, 0.15) is 12.8 Å². The zero-order chi connectivity index (χ0) is 19.6. The van der Waals surface area contributed by atoms with E-state index in [1.165, 1.54) is 5.69 Å². The number of anilines is 1. The van der Waals surface area contributed by atoms with E-state index in [9.17, 15) is 4.79 Å². The Balaban J connectivity index is 1.27. The Morgan fingerprint density at radius 3 is 2.69 bits per heavy atom. The van der Waals surface area contributed by atoms with Gasteiger partial charge in [0.05, 0.1) is 17.0 Å². The number of nitrogens with zero attached hydrogens (tertiary/aromatic N) is 3. The number of nitrogens with one attached hydrogen (secondary N) is 2. The molecule has 0 bridgehead atoms. The molecule has 1 aromatic heterocycles. The third-order valence-electron chi connectivity index (χ3n) is 6.11. The first-order chi connectivity index (χ1) is 14.3. The van der Waals surface area contributed by atoms with Gasteiger partial charge in [0.25, 0.3) is 0 Å². The molecule has 3 aromatic rings. The number of amides is 1. The number of H-pyrrole nitrogens is 1. The summed E-state index contributed by atoms with van der Waals surface area (Å²) < 4.78 is 0. The number of hydrogen-bond acceptors (Lipinski definition) is 4. The Bertz CT molecular complexity index is 966. The molecule has 0 spiro atoms. The standard InChI is InChI=1S/C23H27N5O/c29-23(18-6-4-10-24-16-18)28-13-11-27(12-14-28)19-7-3-5-17(15-19)22-25-20-8-1-2-9-21(20)26-22/h1-3,5,7-9,15,18,24H,4,6,10-14,16H2,(H,25,26)/t18-/m0/s1. The Hall–Kier alpha value is -2.86. The van der Waals surface area contributed by atoms with E-state index in [4.69, 9.17) is 4.98 Å². The fourth-order valence-electron chi connectivity index (χ4n) is 4.45. The highest BCUT2D eigenvalue weighted by Crippen LogP contribution is 2.26. The van der Waals surface area contributed by atoms with E-state index in [1.54, 1.807) is 0 Å². The highest BCUT2D eigenvalue weighted by atomic mass is 16.2. The van der Waals surface area contributed by atoms with Crippen LogP contribution >= 0.6 is 0 Å². The number of hydrogen-bond donors (Lipinski definition) is 2. The van der Waals surface area contributed by atoms with Gasteiger partial charge in [-0.05, 0) is 43.7 Å². The molecule has 0 unspecified atom stereocenters. The Kier molecular flexibility index (Phi) is 4.94. The van der Waals surface area contributed by atoms with Gasteiger partial charge in [-0.25, -0.2) is 4.98 Å². The Labute approximate surface area is 170 Å². The second-order valence-electron chi connectivity index (χ2n) is 8.01. The second kappa shape index (κ2) is 7.87. The van der Waals surface area contributed by atoms with Crippen LogP contribution in [0.2, 0.25) is 0 Å². The minimum absolute atomic E-state index is 0.159. The van der Waals surface area contributed by atoms with E-state index in [1.807, 2.05) is 24.3 Å². The van der Waals surface area contributed by atoms with Crippen LogP contribution in [0.5, 0.6) is 0 Å². The van der Waals surface area contributed by atoms with Gasteiger partial charge in [0.2, 0.25) is 5.91 Å². The SMILES string of the molecule is O=C([C@H]1CCCNC1)N1CCN(c2cccc(-c3nc4ccccc4[nH]3)c2)CC1. The third-order valence-corrected chi connectivity index (χ3v) is 6.11. The Morgan fingerprint density at radius 2 is 1.90 bits per heavy atom. The monoisotopic (exact) mass is 389 g/mol. The summed E-state index contributed by atoms with van der Waals surface area (Å²) in [6, 6.07) is 16.6. The molecule has 6 nitrogen and oxygen atoms in total. The smallest absolute Gasteiger partial charge is 0.227 e. The molecule has 2 N–H and O–H groups in total. The molecule has 150 valence electrons. The fourth-order valence-corrected chi connectivity index (χ4v) is 4.45. The average Bonchev–Trinajstić information content (AvgIpc) is 3.24. The number of rotatable bonds is 3. The largest absolute Gasteiger partial charge is 0.368 e. The highest BCUT2D eigenvalue weighted by Gasteiger charge is 2.28. The number of fused-ring (bicyclic) bond motifs is 1. The molecule has 0 radical (unpaired) electrons. The molecule has 6 heteroatoms. The topological polar surface area (TPSA) is 64.3 Å². The minimum atomic E-state index is 0.159. The van der Waals surface area contributed by atoms with E-state index in [2.05, 4.69) is 44.4 Å². The molecule has 2 fully saturated rings. The van der Waals surface area contributed by atoms with E-state index in [-0.39, 0.29) is 5.92 Å². The first-order valence-corrected chi connectivity index (χ1v) is 10.6. The summed E-state index contributed by atoms with van der Waals surface area (Å²) in [5.41, 5.74) is 4.31. The lowest BCUT2D eigenvalue weighted by atomic mass is 9.98. The van der Waals surface area contributed by atoms with Gasteiger partial charge in [-0.1, -0.05) is 24.3 Å². The molecule has 3 heterocycles. The molecule has 5 rings (SSSR count). The number of piperazine rings is 1. The van der Waals surface area contributed by atoms with Crippen LogP contribution in [-0.2, 0) is 4.79 Å². The lowest BCUT2D eigenvalue weighted by Crippen LogP contribution is -2.52. The lowest BCUT2D eigenvalue weighted by molar-refractivity contribution is -0.136. The van der Waals surface area contributed by atoms with Crippen LogP contribution in [0.4, 0.5) is 5.69 Å². The molecule has 0 saturated carbocycles. The summed E-state index contributed by atoms with van der Waals surface area (Å²) in [6.07, 6.45) is 2.12. The summed E-state index contributed by atoms with van der Waals surface area (Å²) in [4.78, 5) is 25.3. The summed E-state index contributed by atoms with van der Waals surface area (Å²) in [7, 11) is 0. The second-order valence-corrected chi connectivity index (χ2v) is 8.01. The van der Waals surface area contributed by atoms with Gasteiger partial charge in [-0.15, -0.1) is 0 Å². The molecular formula is C23H27N5O. The number of carbonyl (C=O) groups excluding carboxylic acids is 1. The van der Waals surface area contributed by atoms with Gasteiger partial charge in [0, 0.05) is 44.0 Å². The first-order valence-electron chi connectivity index (χ1n) is 10.6. The number of aromatic nitrogens is 2. The maximum absolute atomic E-state index is 12.8. The van der Waals surface area contributed by atoms with Crippen molar-refractivity contribution in [1.29, 1.82) is 0 Å². The summed E-state index contributed by atoms with van der Waals surface area (Å²) >= 11 is 0. The van der Waals surface area contributed by atoms with Gasteiger partial charge in [0.1, 0.15) is 5.82 Å². The first kappa shape index (κ1) is 18.2. The fraction of sp³-hybridized carbons (Fsp3) is 0.391. The molecule has 0 aliphatic carbocycles. The van der Waals surface area contributed by atoms with Crippen LogP contribution < -0.4 is 10.2 Å². The van der Waals surface area contributed by atoms with E-state index in [0.717, 1.165) is 74.5 Å². The summed E-state index contributed by atoms with van der Waals surface area (Å²) in [6.45, 7) is 5.21. The molecule has 2 aromatic carbocycles. The number of aromatic amines is 1. The van der Waals surface area contributed by atoms with Gasteiger partial charge in [0.15, 0.2) is 0 Å². The summed E-state index contributed by atoms with van der Waals surface area (Å²) in [5, 5.41) is 3.35. The normalized spacial score (nSPS) is 20.2. The third kappa shape index (κ3) is 3.72. The van der Waals surface area contributed by atoms with Crippen molar-refractivity contribution in [1.82, 2.24) is 20.2 Å². The van der Waals surface area contributed by atoms with Crippen LogP contribution in [0.15, 0.2) is 48.5 Å². The van der Waals surface area contributed by atoms with Crippen molar-refractivity contribution in [2.24, 2.45) is 5.92 Å². The molecule has 2 aliphatic heterocycles. The number of imidazole rings is 1. The van der Waals surface area contributed by atoms with Gasteiger partial charge >= 0.3 is 0 Å². The Morgan fingerprint density at radius 1 is 1.03 bits per heavy atom. The number of para-hydroxylation sites is 2. The predicted molar refractivity (Wildman–Crippen MR) is 116 cm³/mol. The number of carbonyl (C=O) groups is 1. The zero-order valence-electron chi connectivity index (χ0n) is 16.6. The maximum atomic E-state index is 12.8. The van der Waals surface area contributed by atoms with Crippen LogP contribution in [0, 0.1) is 5.92 Å². The molecule has 2 aliphatic rings. The highest BCUT2D eigenvalue weighted by molar-refractivity contribution is 5.80. The molecule has 1 amide bonds. The van der Waals surface area contributed by atoms with E-state index >= 15 is 0 Å². The van der Waals surface area contributed by atoms with E-state index in [0.29, 0.717) is 5.91 Å². The van der Waals surface area contributed by atoms with Gasteiger partial charge in [-0.2, -0.15) is 0 Å². The molecule has 1 atom stereocenters. The van der Waals surface area contributed by atoms with Crippen molar-refractivity contribution in [3.05, 3.63) is 48.5 Å². The number of benzene rings is 2. The average molecular weight is 390 g/mol. The molecule has 29 heavy (non-hydrogen) atoms. The van der Waals surface area contributed by atoms with Crippen molar-refractivity contribution >= 4 is 22.6 Å². The van der Waals surface area contributed by atoms with Crippen molar-refractivity contribution in [2.45, 2.75) is 12.8 Å². The quantitative estimate of drug-likeness (QED) is 0.723. The van der Waals surface area contributed by atoms with Crippen molar-refractivity contribution in [2.75, 3.05) is 44.2 Å². The van der Waals surface area contributed by atoms with Gasteiger partial charge < -0.3 is 20.1 Å². The van der Waals surface area contributed by atoms with Crippen molar-refractivity contribution in [3.8, 4) is 11.4 Å².